The molecule has 1 aliphatic rings. The van der Waals surface area contributed by atoms with E-state index in [2.05, 4.69) is 63.4 Å². The molecule has 1 N–H and O–H groups in total. The van der Waals surface area contributed by atoms with Crippen molar-refractivity contribution in [3.63, 3.8) is 0 Å². The molecule has 7 nitrogen and oxygen atoms in total. The van der Waals surface area contributed by atoms with Gasteiger partial charge in [-0.25, -0.2) is 4.99 Å². The minimum atomic E-state index is 0.545. The van der Waals surface area contributed by atoms with Gasteiger partial charge in [0, 0.05) is 46.3 Å². The minimum Gasteiger partial charge on any atom is -0.357 e. The molecule has 0 bridgehead atoms. The van der Waals surface area contributed by atoms with Crippen molar-refractivity contribution in [1.82, 2.24) is 29.9 Å². The maximum Gasteiger partial charge on any atom is 0.194 e. The van der Waals surface area contributed by atoms with Crippen molar-refractivity contribution in [2.75, 3.05) is 32.7 Å². The van der Waals surface area contributed by atoms with Crippen LogP contribution in [0, 0.1) is 13.8 Å². The Morgan fingerprint density at radius 3 is 2.56 bits per heavy atom. The third kappa shape index (κ3) is 5.07. The zero-order valence-corrected chi connectivity index (χ0v) is 16.9. The molecule has 1 aromatic carbocycles. The van der Waals surface area contributed by atoms with E-state index >= 15 is 0 Å². The van der Waals surface area contributed by atoms with Gasteiger partial charge in [-0.2, -0.15) is 0 Å². The monoisotopic (exact) mass is 369 g/mol. The zero-order chi connectivity index (χ0) is 19.2. The zero-order valence-electron chi connectivity index (χ0n) is 16.9. The smallest absolute Gasteiger partial charge is 0.194 e. The van der Waals surface area contributed by atoms with E-state index in [1.165, 1.54) is 11.1 Å². The molecule has 146 valence electrons. The van der Waals surface area contributed by atoms with E-state index < -0.39 is 0 Å². The SMILES string of the molecule is CCNC(=NCc1nnc(C)n1C)N1CCN(Cc2cccc(C)c2)CC1. The molecule has 1 fully saturated rings. The third-order valence-electron chi connectivity index (χ3n) is 5.05. The van der Waals surface area contributed by atoms with E-state index in [0.717, 1.165) is 56.9 Å². The fraction of sp³-hybridized carbons (Fsp3) is 0.550. The van der Waals surface area contributed by atoms with Gasteiger partial charge in [-0.15, -0.1) is 10.2 Å². The van der Waals surface area contributed by atoms with Gasteiger partial charge in [0.15, 0.2) is 11.8 Å². The minimum absolute atomic E-state index is 0.545. The number of nitrogens with one attached hydrogen (secondary N) is 1. The summed E-state index contributed by atoms with van der Waals surface area (Å²) in [6, 6.07) is 8.79. The van der Waals surface area contributed by atoms with Crippen molar-refractivity contribution < 1.29 is 0 Å². The third-order valence-corrected chi connectivity index (χ3v) is 5.05. The first-order chi connectivity index (χ1) is 13.1. The number of benzene rings is 1. The average Bonchev–Trinajstić information content (AvgIpc) is 2.98. The van der Waals surface area contributed by atoms with Gasteiger partial charge in [0.1, 0.15) is 12.4 Å². The largest absolute Gasteiger partial charge is 0.357 e. The van der Waals surface area contributed by atoms with Crippen LogP contribution in [0.3, 0.4) is 0 Å². The summed E-state index contributed by atoms with van der Waals surface area (Å²) >= 11 is 0. The van der Waals surface area contributed by atoms with Crippen LogP contribution in [0.5, 0.6) is 0 Å². The number of nitrogens with zero attached hydrogens (tertiary/aromatic N) is 6. The molecule has 3 rings (SSSR count). The van der Waals surface area contributed by atoms with Crippen molar-refractivity contribution in [3.8, 4) is 0 Å². The Balaban J connectivity index is 1.58. The molecule has 1 saturated heterocycles. The van der Waals surface area contributed by atoms with Crippen molar-refractivity contribution in [2.24, 2.45) is 12.0 Å². The van der Waals surface area contributed by atoms with E-state index in [0.29, 0.717) is 6.54 Å². The van der Waals surface area contributed by atoms with Crippen LogP contribution >= 0.6 is 0 Å². The highest BCUT2D eigenvalue weighted by Crippen LogP contribution is 2.11. The fourth-order valence-corrected chi connectivity index (χ4v) is 3.35. The molecular weight excluding hydrogens is 338 g/mol. The first kappa shape index (κ1) is 19.4. The Morgan fingerprint density at radius 1 is 1.15 bits per heavy atom. The van der Waals surface area contributed by atoms with Gasteiger partial charge in [-0.1, -0.05) is 29.8 Å². The topological polar surface area (TPSA) is 61.6 Å². The molecule has 7 heteroatoms. The highest BCUT2D eigenvalue weighted by molar-refractivity contribution is 5.80. The second-order valence-corrected chi connectivity index (χ2v) is 7.14. The summed E-state index contributed by atoms with van der Waals surface area (Å²) in [6.07, 6.45) is 0. The second-order valence-electron chi connectivity index (χ2n) is 7.14. The number of aromatic nitrogens is 3. The Labute approximate surface area is 162 Å². The highest BCUT2D eigenvalue weighted by Gasteiger charge is 2.20. The molecule has 27 heavy (non-hydrogen) atoms. The number of aliphatic imine (C=N–C) groups is 1. The molecule has 0 atom stereocenters. The van der Waals surface area contributed by atoms with Crippen molar-refractivity contribution in [1.29, 1.82) is 0 Å². The quantitative estimate of drug-likeness (QED) is 0.642. The van der Waals surface area contributed by atoms with Crippen LogP contribution in [0.1, 0.15) is 29.7 Å². The van der Waals surface area contributed by atoms with Crippen LogP contribution in [-0.4, -0.2) is 63.2 Å². The van der Waals surface area contributed by atoms with E-state index in [4.69, 9.17) is 4.99 Å². The maximum atomic E-state index is 4.79. The summed E-state index contributed by atoms with van der Waals surface area (Å²) < 4.78 is 1.99. The summed E-state index contributed by atoms with van der Waals surface area (Å²) in [6.45, 7) is 12.7. The molecular formula is C20H31N7. The van der Waals surface area contributed by atoms with Crippen molar-refractivity contribution >= 4 is 5.96 Å². The Kier molecular flexibility index (Phi) is 6.45. The average molecular weight is 370 g/mol. The lowest BCUT2D eigenvalue weighted by Gasteiger charge is -2.36. The number of rotatable bonds is 5. The summed E-state index contributed by atoms with van der Waals surface area (Å²) in [4.78, 5) is 9.65. The number of guanidine groups is 1. The predicted molar refractivity (Wildman–Crippen MR) is 109 cm³/mol. The van der Waals surface area contributed by atoms with E-state index in [1.54, 1.807) is 0 Å². The van der Waals surface area contributed by atoms with Crippen LogP contribution < -0.4 is 5.32 Å². The van der Waals surface area contributed by atoms with Gasteiger partial charge >= 0.3 is 0 Å². The van der Waals surface area contributed by atoms with Gasteiger partial charge < -0.3 is 14.8 Å². The lowest BCUT2D eigenvalue weighted by atomic mass is 10.1. The summed E-state index contributed by atoms with van der Waals surface area (Å²) in [5.41, 5.74) is 2.72. The van der Waals surface area contributed by atoms with Crippen LogP contribution in [0.4, 0.5) is 0 Å². The molecule has 1 aliphatic heterocycles. The lowest BCUT2D eigenvalue weighted by molar-refractivity contribution is 0.172. The molecule has 0 unspecified atom stereocenters. The molecule has 0 amide bonds. The van der Waals surface area contributed by atoms with Crippen molar-refractivity contribution in [3.05, 3.63) is 47.0 Å². The van der Waals surface area contributed by atoms with E-state index in [1.807, 2.05) is 18.5 Å². The Bertz CT molecular complexity index is 772. The van der Waals surface area contributed by atoms with Gasteiger partial charge in [0.25, 0.3) is 0 Å². The van der Waals surface area contributed by atoms with Crippen LogP contribution in [0.25, 0.3) is 0 Å². The first-order valence-electron chi connectivity index (χ1n) is 9.73. The van der Waals surface area contributed by atoms with Gasteiger partial charge in [0.2, 0.25) is 0 Å². The number of aryl methyl sites for hydroxylation is 2. The summed E-state index contributed by atoms with van der Waals surface area (Å²) in [5.74, 6) is 2.77. The second kappa shape index (κ2) is 8.99. The normalized spacial score (nSPS) is 16.0. The number of hydrogen-bond donors (Lipinski definition) is 1. The Morgan fingerprint density at radius 2 is 1.93 bits per heavy atom. The van der Waals surface area contributed by atoms with Gasteiger partial charge in [0.05, 0.1) is 0 Å². The van der Waals surface area contributed by atoms with Gasteiger partial charge in [-0.3, -0.25) is 4.90 Å². The van der Waals surface area contributed by atoms with Crippen LogP contribution in [-0.2, 0) is 20.1 Å². The summed E-state index contributed by atoms with van der Waals surface area (Å²) in [5, 5.41) is 11.7. The highest BCUT2D eigenvalue weighted by atomic mass is 15.4. The standard InChI is InChI=1S/C20H31N7/c1-5-21-20(22-14-19-24-23-17(3)25(19)4)27-11-9-26(10-12-27)15-18-8-6-7-16(2)13-18/h6-8,13H,5,9-12,14-15H2,1-4H3,(H,21,22). The predicted octanol–water partition coefficient (Wildman–Crippen LogP) is 1.72. The van der Waals surface area contributed by atoms with Gasteiger partial charge in [-0.05, 0) is 26.3 Å². The summed E-state index contributed by atoms with van der Waals surface area (Å²) in [7, 11) is 1.98. The Hall–Kier alpha value is -2.41. The number of piperazine rings is 1. The first-order valence-corrected chi connectivity index (χ1v) is 9.73. The van der Waals surface area contributed by atoms with Crippen LogP contribution in [0.15, 0.2) is 29.3 Å². The molecule has 1 aromatic heterocycles. The molecule has 0 aliphatic carbocycles. The molecule has 0 radical (unpaired) electrons. The van der Waals surface area contributed by atoms with Crippen LogP contribution in [0.2, 0.25) is 0 Å². The molecule has 0 spiro atoms. The van der Waals surface area contributed by atoms with E-state index in [-0.39, 0.29) is 0 Å². The fourth-order valence-electron chi connectivity index (χ4n) is 3.35. The molecule has 2 heterocycles. The van der Waals surface area contributed by atoms with Crippen molar-refractivity contribution in [2.45, 2.75) is 33.9 Å². The molecule has 0 saturated carbocycles. The maximum absolute atomic E-state index is 4.79. The molecule has 2 aromatic rings. The lowest BCUT2D eigenvalue weighted by Crippen LogP contribution is -2.52. The number of hydrogen-bond acceptors (Lipinski definition) is 4. The van der Waals surface area contributed by atoms with E-state index in [9.17, 15) is 0 Å².